The molecule has 1 atom stereocenters. The zero-order valence-corrected chi connectivity index (χ0v) is 14.3. The van der Waals surface area contributed by atoms with Crippen molar-refractivity contribution in [3.05, 3.63) is 53.0 Å². The third kappa shape index (κ3) is 1.71. The lowest BCUT2D eigenvalue weighted by Gasteiger charge is -2.47. The second-order valence-electron chi connectivity index (χ2n) is 6.37. The van der Waals surface area contributed by atoms with Crippen LogP contribution in [0, 0.1) is 6.92 Å². The lowest BCUT2D eigenvalue weighted by molar-refractivity contribution is 0.502. The molecule has 0 N–H and O–H groups in total. The van der Waals surface area contributed by atoms with E-state index in [1.54, 1.807) is 0 Å². The highest BCUT2D eigenvalue weighted by atomic mass is 32.2. The first-order valence-corrected chi connectivity index (χ1v) is 9.96. The average molecular weight is 329 g/mol. The van der Waals surface area contributed by atoms with Crippen LogP contribution < -0.4 is 4.90 Å². The van der Waals surface area contributed by atoms with E-state index < -0.39 is 0 Å². The number of benzene rings is 1. The quantitative estimate of drug-likeness (QED) is 0.694. The second-order valence-corrected chi connectivity index (χ2v) is 9.41. The summed E-state index contributed by atoms with van der Waals surface area (Å²) in [5, 5.41) is 0. The molecule has 22 heavy (non-hydrogen) atoms. The molecule has 1 saturated heterocycles. The van der Waals surface area contributed by atoms with Crippen LogP contribution in [0.3, 0.4) is 0 Å². The Bertz CT molecular complexity index is 732. The Morgan fingerprint density at radius 1 is 1.23 bits per heavy atom. The SMILES string of the molecule is Cc1occ2c1N1CCc3ccccc3C1CC21SCCS1. The largest absolute Gasteiger partial charge is 0.467 e. The first kappa shape index (κ1) is 13.4. The molecule has 1 fully saturated rings. The molecule has 3 aliphatic heterocycles. The molecule has 2 nitrogen and oxygen atoms in total. The standard InChI is InChI=1S/C18H19NOS2/c1-12-17-15(11-20-12)18(21-8-9-22-18)10-16-14-5-3-2-4-13(14)6-7-19(16)17/h2-5,11,16H,6-10H2,1H3. The number of fused-ring (bicyclic) bond motifs is 6. The van der Waals surface area contributed by atoms with E-state index in [9.17, 15) is 0 Å². The van der Waals surface area contributed by atoms with Crippen LogP contribution in [0.1, 0.15) is 34.9 Å². The van der Waals surface area contributed by atoms with E-state index in [-0.39, 0.29) is 4.08 Å². The number of hydrogen-bond donors (Lipinski definition) is 0. The van der Waals surface area contributed by atoms with Crippen molar-refractivity contribution in [2.75, 3.05) is 23.0 Å². The summed E-state index contributed by atoms with van der Waals surface area (Å²) in [6.07, 6.45) is 4.38. The van der Waals surface area contributed by atoms with E-state index in [1.165, 1.54) is 40.3 Å². The number of anilines is 1. The number of thioether (sulfide) groups is 2. The van der Waals surface area contributed by atoms with E-state index in [2.05, 4.69) is 59.6 Å². The van der Waals surface area contributed by atoms with Gasteiger partial charge in [-0.25, -0.2) is 0 Å². The number of nitrogens with zero attached hydrogens (tertiary/aromatic N) is 1. The molecule has 1 spiro atoms. The van der Waals surface area contributed by atoms with Crippen LogP contribution in [0.25, 0.3) is 0 Å². The Hall–Kier alpha value is -1.000. The second kappa shape index (κ2) is 4.75. The van der Waals surface area contributed by atoms with Gasteiger partial charge in [-0.05, 0) is 24.5 Å². The van der Waals surface area contributed by atoms with E-state index in [1.807, 2.05) is 6.26 Å². The van der Waals surface area contributed by atoms with E-state index in [4.69, 9.17) is 4.42 Å². The Morgan fingerprint density at radius 3 is 2.91 bits per heavy atom. The maximum atomic E-state index is 5.87. The monoisotopic (exact) mass is 329 g/mol. The summed E-state index contributed by atoms with van der Waals surface area (Å²) >= 11 is 4.26. The topological polar surface area (TPSA) is 16.4 Å². The summed E-state index contributed by atoms with van der Waals surface area (Å²) in [5.41, 5.74) is 5.89. The summed E-state index contributed by atoms with van der Waals surface area (Å²) in [4.78, 5) is 2.61. The number of furan rings is 1. The van der Waals surface area contributed by atoms with Crippen molar-refractivity contribution in [3.8, 4) is 0 Å². The van der Waals surface area contributed by atoms with Gasteiger partial charge in [-0.3, -0.25) is 0 Å². The molecule has 4 heterocycles. The molecular formula is C18H19NOS2. The molecule has 0 saturated carbocycles. The fourth-order valence-electron chi connectivity index (χ4n) is 4.31. The van der Waals surface area contributed by atoms with Crippen LogP contribution >= 0.6 is 23.5 Å². The molecule has 1 aromatic heterocycles. The highest BCUT2D eigenvalue weighted by Gasteiger charge is 2.50. The van der Waals surface area contributed by atoms with Crippen molar-refractivity contribution >= 4 is 29.2 Å². The van der Waals surface area contributed by atoms with Crippen molar-refractivity contribution in [3.63, 3.8) is 0 Å². The lowest BCUT2D eigenvalue weighted by atomic mass is 9.85. The van der Waals surface area contributed by atoms with Gasteiger partial charge in [0.25, 0.3) is 0 Å². The van der Waals surface area contributed by atoms with Crippen LogP contribution in [0.2, 0.25) is 0 Å². The van der Waals surface area contributed by atoms with Crippen molar-refractivity contribution in [2.45, 2.75) is 29.9 Å². The molecule has 0 radical (unpaired) electrons. The highest BCUT2D eigenvalue weighted by Crippen LogP contribution is 2.63. The third-order valence-electron chi connectivity index (χ3n) is 5.27. The van der Waals surface area contributed by atoms with Gasteiger partial charge in [0.1, 0.15) is 5.76 Å². The summed E-state index contributed by atoms with van der Waals surface area (Å²) in [6, 6.07) is 9.53. The summed E-state index contributed by atoms with van der Waals surface area (Å²) < 4.78 is 6.08. The molecule has 114 valence electrons. The van der Waals surface area contributed by atoms with Gasteiger partial charge >= 0.3 is 0 Å². The molecule has 4 heteroatoms. The maximum absolute atomic E-state index is 5.87. The van der Waals surface area contributed by atoms with Crippen LogP contribution in [0.5, 0.6) is 0 Å². The number of rotatable bonds is 0. The molecule has 5 rings (SSSR count). The van der Waals surface area contributed by atoms with Crippen molar-refractivity contribution in [1.29, 1.82) is 0 Å². The molecule has 3 aliphatic rings. The summed E-state index contributed by atoms with van der Waals surface area (Å²) in [7, 11) is 0. The van der Waals surface area contributed by atoms with E-state index in [0.29, 0.717) is 6.04 Å². The minimum absolute atomic E-state index is 0.207. The Labute approximate surface area is 139 Å². The zero-order valence-electron chi connectivity index (χ0n) is 12.7. The fraction of sp³-hybridized carbons (Fsp3) is 0.444. The van der Waals surface area contributed by atoms with E-state index >= 15 is 0 Å². The Morgan fingerprint density at radius 2 is 2.05 bits per heavy atom. The van der Waals surface area contributed by atoms with Crippen molar-refractivity contribution < 1.29 is 4.42 Å². The van der Waals surface area contributed by atoms with Gasteiger partial charge in [-0.2, -0.15) is 0 Å². The van der Waals surface area contributed by atoms with Gasteiger partial charge in [-0.15, -0.1) is 23.5 Å². The zero-order chi connectivity index (χ0) is 14.7. The molecule has 0 amide bonds. The van der Waals surface area contributed by atoms with E-state index in [0.717, 1.165) is 18.7 Å². The van der Waals surface area contributed by atoms with Gasteiger partial charge < -0.3 is 9.32 Å². The van der Waals surface area contributed by atoms with Gasteiger partial charge in [0, 0.05) is 30.0 Å². The maximum Gasteiger partial charge on any atom is 0.124 e. The third-order valence-corrected chi connectivity index (χ3v) is 8.76. The average Bonchev–Trinajstić information content (AvgIpc) is 3.16. The summed E-state index contributed by atoms with van der Waals surface area (Å²) in [5.74, 6) is 3.59. The van der Waals surface area contributed by atoms with Crippen LogP contribution in [0.4, 0.5) is 5.69 Å². The normalized spacial score (nSPS) is 25.0. The minimum Gasteiger partial charge on any atom is -0.467 e. The molecular weight excluding hydrogens is 310 g/mol. The smallest absolute Gasteiger partial charge is 0.124 e. The van der Waals surface area contributed by atoms with Crippen molar-refractivity contribution in [2.24, 2.45) is 0 Å². The van der Waals surface area contributed by atoms with Crippen molar-refractivity contribution in [1.82, 2.24) is 0 Å². The molecule has 1 aromatic carbocycles. The van der Waals surface area contributed by atoms with Crippen LogP contribution in [-0.2, 0) is 10.5 Å². The lowest BCUT2D eigenvalue weighted by Crippen LogP contribution is -2.43. The Kier molecular flexibility index (Phi) is 2.90. The summed E-state index contributed by atoms with van der Waals surface area (Å²) in [6.45, 7) is 3.24. The molecule has 0 bridgehead atoms. The minimum atomic E-state index is 0.207. The Balaban J connectivity index is 1.71. The van der Waals surface area contributed by atoms with Gasteiger partial charge in [0.15, 0.2) is 0 Å². The highest BCUT2D eigenvalue weighted by molar-refractivity contribution is 8.20. The molecule has 1 unspecified atom stereocenters. The number of hydrogen-bond acceptors (Lipinski definition) is 4. The first-order valence-electron chi connectivity index (χ1n) is 7.99. The predicted molar refractivity (Wildman–Crippen MR) is 94.9 cm³/mol. The van der Waals surface area contributed by atoms with Gasteiger partial charge in [-0.1, -0.05) is 24.3 Å². The molecule has 0 aliphatic carbocycles. The number of aryl methyl sites for hydroxylation is 1. The predicted octanol–water partition coefficient (Wildman–Crippen LogP) is 4.73. The van der Waals surface area contributed by atoms with Gasteiger partial charge in [0.05, 0.1) is 22.1 Å². The fourth-order valence-corrected chi connectivity index (χ4v) is 7.62. The first-order chi connectivity index (χ1) is 10.8. The van der Waals surface area contributed by atoms with Crippen LogP contribution in [0.15, 0.2) is 34.9 Å². The van der Waals surface area contributed by atoms with Gasteiger partial charge in [0.2, 0.25) is 0 Å². The van der Waals surface area contributed by atoms with Crippen LogP contribution in [-0.4, -0.2) is 18.1 Å². The molecule has 2 aromatic rings.